The second kappa shape index (κ2) is 22.1. The molecule has 0 aliphatic carbocycles. The number of sulfone groups is 1. The van der Waals surface area contributed by atoms with Crippen LogP contribution in [0.1, 0.15) is 83.0 Å². The van der Waals surface area contributed by atoms with Crippen LogP contribution in [-0.4, -0.2) is 191 Å². The van der Waals surface area contributed by atoms with E-state index in [0.717, 1.165) is 92.7 Å². The van der Waals surface area contributed by atoms with Gasteiger partial charge in [-0.3, -0.25) is 34.4 Å². The molecule has 20 heteroatoms. The first-order valence-electron chi connectivity index (χ1n) is 26.6. The first-order valence-corrected chi connectivity index (χ1v) is 28.0. The number of H-pyrrole nitrogens is 1. The van der Waals surface area contributed by atoms with Crippen molar-refractivity contribution in [2.45, 2.75) is 108 Å². The van der Waals surface area contributed by atoms with E-state index in [9.17, 15) is 22.4 Å². The van der Waals surface area contributed by atoms with E-state index in [0.29, 0.717) is 74.7 Å². The maximum absolute atomic E-state index is 14.3. The van der Waals surface area contributed by atoms with E-state index in [1.54, 1.807) is 45.0 Å². The molecule has 7 heterocycles. The maximum atomic E-state index is 14.3. The van der Waals surface area contributed by atoms with Crippen molar-refractivity contribution in [2.75, 3.05) is 108 Å². The van der Waals surface area contributed by atoms with Crippen molar-refractivity contribution < 1.29 is 27.1 Å². The van der Waals surface area contributed by atoms with Crippen LogP contribution in [0.5, 0.6) is 5.75 Å². The van der Waals surface area contributed by atoms with Gasteiger partial charge in [0.05, 0.1) is 47.0 Å². The molecule has 0 spiro atoms. The Morgan fingerprint density at radius 1 is 0.893 bits per heavy atom. The van der Waals surface area contributed by atoms with Gasteiger partial charge >= 0.3 is 0 Å². The third-order valence-electron chi connectivity index (χ3n) is 15.7. The molecule has 4 aliphatic rings. The summed E-state index contributed by atoms with van der Waals surface area (Å²) in [6.07, 6.45) is 4.63. The zero-order chi connectivity index (χ0) is 53.4. The van der Waals surface area contributed by atoms with Gasteiger partial charge in [0.15, 0.2) is 9.84 Å². The number of hydrogen-bond donors (Lipinski definition) is 3. The Morgan fingerprint density at radius 2 is 1.64 bits per heavy atom. The van der Waals surface area contributed by atoms with Crippen molar-refractivity contribution >= 4 is 49.9 Å². The number of halogens is 1. The van der Waals surface area contributed by atoms with Crippen molar-refractivity contribution in [3.8, 4) is 5.75 Å². The second-order valence-electron chi connectivity index (χ2n) is 22.9. The molecular formula is C55H76FN13O5S. The number of aryl methyl sites for hydroxylation is 1. The zero-order valence-corrected chi connectivity index (χ0v) is 46.1. The van der Waals surface area contributed by atoms with Gasteiger partial charge in [0.25, 0.3) is 0 Å². The molecule has 3 N–H and O–H groups in total. The van der Waals surface area contributed by atoms with Gasteiger partial charge in [-0.05, 0) is 96.7 Å². The largest absolute Gasteiger partial charge is 0.492 e. The van der Waals surface area contributed by atoms with Crippen LogP contribution >= 0.6 is 0 Å². The Labute approximate surface area is 441 Å². The molecule has 0 unspecified atom stereocenters. The molecule has 4 aliphatic heterocycles. The molecule has 0 bridgehead atoms. The monoisotopic (exact) mass is 1050 g/mol. The molecule has 3 saturated heterocycles. The number of anilines is 3. The van der Waals surface area contributed by atoms with Crippen molar-refractivity contribution in [3.05, 3.63) is 88.9 Å². The van der Waals surface area contributed by atoms with Gasteiger partial charge < -0.3 is 30.1 Å². The highest BCUT2D eigenvalue weighted by atomic mass is 32.2. The van der Waals surface area contributed by atoms with Crippen LogP contribution in [0.3, 0.4) is 0 Å². The number of aromatic nitrogens is 5. The lowest BCUT2D eigenvalue weighted by Gasteiger charge is -2.46. The lowest BCUT2D eigenvalue weighted by molar-refractivity contribution is -0.136. The molecular weight excluding hydrogens is 974 g/mol. The number of benzene rings is 2. The van der Waals surface area contributed by atoms with Gasteiger partial charge in [-0.1, -0.05) is 26.0 Å². The number of carbonyl (C=O) groups excluding carboxylic acids is 2. The number of ether oxygens (including phenoxy) is 1. The SMILES string of the molecule is Cc1n[nH]c(Nc2ncnc3cc(OCCCN4CCN(CC(=O)N5CCN(C[C@H]6CN[C@H](C)CN6CC(=O)N6CC(C)(C)c7ncc(Cc8ccc(F)cc8)cc76)[C@H](C)C5)CC4)c(S(=O)(=O)C(C)(C)C)cc23)c1C. The molecule has 3 atom stereocenters. The first-order chi connectivity index (χ1) is 35.6. The number of fused-ring (bicyclic) bond motifs is 2. The van der Waals surface area contributed by atoms with Crippen molar-refractivity contribution in [1.82, 2.24) is 55.0 Å². The van der Waals surface area contributed by atoms with Crippen LogP contribution in [0, 0.1) is 19.7 Å². The fourth-order valence-corrected chi connectivity index (χ4v) is 12.2. The van der Waals surface area contributed by atoms with Crippen molar-refractivity contribution in [2.24, 2.45) is 0 Å². The lowest BCUT2D eigenvalue weighted by atomic mass is 9.91. The summed E-state index contributed by atoms with van der Waals surface area (Å²) >= 11 is 0. The number of carbonyl (C=O) groups is 2. The summed E-state index contributed by atoms with van der Waals surface area (Å²) in [7, 11) is -3.81. The zero-order valence-electron chi connectivity index (χ0n) is 45.2. The fourth-order valence-electron chi connectivity index (χ4n) is 10.8. The minimum absolute atomic E-state index is 0.0677. The molecule has 2 aromatic carbocycles. The van der Waals surface area contributed by atoms with Gasteiger partial charge in [0.2, 0.25) is 11.8 Å². The molecule has 5 aromatic rings. The Balaban J connectivity index is 0.736. The summed E-state index contributed by atoms with van der Waals surface area (Å²) in [5.41, 5.74) is 5.81. The number of piperazine rings is 3. The van der Waals surface area contributed by atoms with Crippen LogP contribution in [-0.2, 0) is 31.3 Å². The Morgan fingerprint density at radius 3 is 2.35 bits per heavy atom. The Kier molecular flexibility index (Phi) is 16.0. The quantitative estimate of drug-likeness (QED) is 0.108. The molecule has 0 saturated carbocycles. The number of rotatable bonds is 16. The number of nitrogens with zero attached hydrogens (tertiary/aromatic N) is 10. The van der Waals surface area contributed by atoms with Gasteiger partial charge in [0, 0.05) is 125 Å². The third-order valence-corrected chi connectivity index (χ3v) is 18.2. The molecule has 18 nitrogen and oxygen atoms in total. The molecule has 75 heavy (non-hydrogen) atoms. The molecule has 3 fully saturated rings. The van der Waals surface area contributed by atoms with E-state index in [4.69, 9.17) is 9.72 Å². The Hall–Kier alpha value is -5.64. The van der Waals surface area contributed by atoms with Crippen LogP contribution in [0.25, 0.3) is 10.9 Å². The predicted molar refractivity (Wildman–Crippen MR) is 290 cm³/mol. The maximum Gasteiger partial charge on any atom is 0.241 e. The van der Waals surface area contributed by atoms with E-state index in [2.05, 4.69) is 84.2 Å². The van der Waals surface area contributed by atoms with Gasteiger partial charge in [-0.2, -0.15) is 5.10 Å². The third kappa shape index (κ3) is 12.2. The molecule has 3 aromatic heterocycles. The van der Waals surface area contributed by atoms with E-state index in [1.807, 2.05) is 29.8 Å². The minimum atomic E-state index is -3.81. The summed E-state index contributed by atoms with van der Waals surface area (Å²) in [5.74, 6) is 1.37. The summed E-state index contributed by atoms with van der Waals surface area (Å²) < 4.78 is 46.8. The topological polar surface area (TPSA) is 188 Å². The van der Waals surface area contributed by atoms with Crippen LogP contribution in [0.2, 0.25) is 0 Å². The van der Waals surface area contributed by atoms with E-state index in [1.165, 1.54) is 18.5 Å². The highest BCUT2D eigenvalue weighted by Crippen LogP contribution is 2.41. The number of hydrogen-bond acceptors (Lipinski definition) is 15. The second-order valence-corrected chi connectivity index (χ2v) is 25.5. The highest BCUT2D eigenvalue weighted by molar-refractivity contribution is 7.92. The Bertz CT molecular complexity index is 2970. The summed E-state index contributed by atoms with van der Waals surface area (Å²) in [6.45, 7) is 27.5. The first kappa shape index (κ1) is 54.2. The number of nitrogens with one attached hydrogen (secondary N) is 3. The van der Waals surface area contributed by atoms with Gasteiger partial charge in [-0.15, -0.1) is 0 Å². The van der Waals surface area contributed by atoms with Crippen LogP contribution < -0.4 is 20.3 Å². The van der Waals surface area contributed by atoms with E-state index < -0.39 is 14.6 Å². The van der Waals surface area contributed by atoms with Crippen LogP contribution in [0.4, 0.5) is 21.7 Å². The van der Waals surface area contributed by atoms with Gasteiger partial charge in [0.1, 0.15) is 34.4 Å². The summed E-state index contributed by atoms with van der Waals surface area (Å²) in [4.78, 5) is 55.4. The number of amides is 2. The highest BCUT2D eigenvalue weighted by Gasteiger charge is 2.42. The van der Waals surface area contributed by atoms with Gasteiger partial charge in [-0.25, -0.2) is 22.8 Å². The smallest absolute Gasteiger partial charge is 0.241 e. The summed E-state index contributed by atoms with van der Waals surface area (Å²) in [6, 6.07) is 12.5. The molecule has 0 radical (unpaired) electrons. The standard InChI is InChI=1S/C55H76FN13O5S/c1-36-29-68(33-50(71)69-34-55(8,9)51-46(69)24-41(27-58-51)23-40-11-13-42(56)14-12-40)43(28-57-36)31-66-20-21-67(30-37(66)2)49(70)32-65-18-16-64(17-19-65)15-10-22-74-47-26-45-44(25-48(47)75(72,73)54(5,6)7)53(60-35-59-45)61-52-38(3)39(4)62-63-52/h11-14,24-27,35-37,43,57H,10,15-23,28-34H2,1-9H3,(H2,59,60,61,62,63)/t36-,37-,43-/m1/s1. The average Bonchev–Trinajstić information content (AvgIpc) is 3.83. The predicted octanol–water partition coefficient (Wildman–Crippen LogP) is 5.32. The normalized spacial score (nSPS) is 21.2. The average molecular weight is 1050 g/mol. The fraction of sp³-hybridized carbons (Fsp3) is 0.564. The number of aromatic amines is 1. The van der Waals surface area contributed by atoms with E-state index >= 15 is 0 Å². The van der Waals surface area contributed by atoms with Crippen LogP contribution in [0.15, 0.2) is 59.9 Å². The summed E-state index contributed by atoms with van der Waals surface area (Å²) in [5, 5.41) is 14.7. The lowest BCUT2D eigenvalue weighted by Crippen LogP contribution is -2.63. The minimum Gasteiger partial charge on any atom is -0.492 e. The molecule has 9 rings (SSSR count). The van der Waals surface area contributed by atoms with E-state index in [-0.39, 0.29) is 51.8 Å². The molecule has 404 valence electrons. The number of pyridine rings is 1. The molecule has 2 amide bonds. The van der Waals surface area contributed by atoms with Crippen molar-refractivity contribution in [3.63, 3.8) is 0 Å². The van der Waals surface area contributed by atoms with Crippen molar-refractivity contribution in [1.29, 1.82) is 0 Å².